The third-order valence-electron chi connectivity index (χ3n) is 2.60. The molecule has 0 heterocycles. The third kappa shape index (κ3) is 14.9. The molecule has 0 saturated carbocycles. The molecule has 0 unspecified atom stereocenters. The van der Waals surface area contributed by atoms with Gasteiger partial charge in [-0.3, -0.25) is 4.79 Å². The van der Waals surface area contributed by atoms with Gasteiger partial charge in [-0.1, -0.05) is 37.6 Å². The van der Waals surface area contributed by atoms with E-state index in [-0.39, 0.29) is 5.97 Å². The van der Waals surface area contributed by atoms with Gasteiger partial charge in [-0.25, -0.2) is 0 Å². The normalized spacial score (nSPS) is 11.4. The number of carbonyl (C=O) groups excluding carboxylic acids is 1. The number of esters is 1. The SMILES string of the molecule is CCC/C=C\CCCC/C=C/CCCOC(C)=O. The summed E-state index contributed by atoms with van der Waals surface area (Å²) in [7, 11) is 0. The van der Waals surface area contributed by atoms with Crippen molar-refractivity contribution >= 4 is 5.97 Å². The smallest absolute Gasteiger partial charge is 0.302 e. The maximum absolute atomic E-state index is 10.5. The molecule has 0 radical (unpaired) electrons. The fourth-order valence-electron chi connectivity index (χ4n) is 1.58. The molecule has 18 heavy (non-hydrogen) atoms. The first kappa shape index (κ1) is 16.9. The molecule has 0 aromatic heterocycles. The second-order valence-electron chi connectivity index (χ2n) is 4.50. The highest BCUT2D eigenvalue weighted by Crippen LogP contribution is 2.03. The molecule has 0 amide bonds. The predicted octanol–water partition coefficient (Wildman–Crippen LogP) is 4.80. The minimum Gasteiger partial charge on any atom is -0.466 e. The van der Waals surface area contributed by atoms with Crippen molar-refractivity contribution in [2.75, 3.05) is 6.61 Å². The van der Waals surface area contributed by atoms with E-state index in [1.54, 1.807) is 0 Å². The lowest BCUT2D eigenvalue weighted by Gasteiger charge is -1.98. The van der Waals surface area contributed by atoms with Crippen LogP contribution in [-0.4, -0.2) is 12.6 Å². The molecule has 2 nitrogen and oxygen atoms in total. The van der Waals surface area contributed by atoms with E-state index in [0.29, 0.717) is 6.61 Å². The van der Waals surface area contributed by atoms with Crippen LogP contribution in [0.25, 0.3) is 0 Å². The molecule has 0 aromatic carbocycles. The van der Waals surface area contributed by atoms with Gasteiger partial charge in [0.2, 0.25) is 0 Å². The Labute approximate surface area is 112 Å². The van der Waals surface area contributed by atoms with Gasteiger partial charge < -0.3 is 4.74 Å². The maximum atomic E-state index is 10.5. The lowest BCUT2D eigenvalue weighted by Crippen LogP contribution is -1.99. The highest BCUT2D eigenvalue weighted by molar-refractivity contribution is 5.65. The summed E-state index contributed by atoms with van der Waals surface area (Å²) in [6, 6.07) is 0. The number of carbonyl (C=O) groups is 1. The molecule has 0 spiro atoms. The number of hydrogen-bond acceptors (Lipinski definition) is 2. The van der Waals surface area contributed by atoms with Crippen molar-refractivity contribution in [3.8, 4) is 0 Å². The highest BCUT2D eigenvalue weighted by Gasteiger charge is 1.90. The van der Waals surface area contributed by atoms with Crippen LogP contribution in [-0.2, 0) is 9.53 Å². The van der Waals surface area contributed by atoms with Crippen molar-refractivity contribution in [2.45, 2.75) is 65.2 Å². The Balaban J connectivity index is 3.16. The van der Waals surface area contributed by atoms with E-state index in [4.69, 9.17) is 4.74 Å². The maximum Gasteiger partial charge on any atom is 0.302 e. The summed E-state index contributed by atoms with van der Waals surface area (Å²) in [6.45, 7) is 4.20. The van der Waals surface area contributed by atoms with E-state index in [9.17, 15) is 4.79 Å². The first-order valence-corrected chi connectivity index (χ1v) is 7.20. The number of ether oxygens (including phenoxy) is 1. The molecule has 104 valence electrons. The fraction of sp³-hybridized carbons (Fsp3) is 0.688. The standard InChI is InChI=1S/C16H28O2/c1-3-4-5-6-7-8-9-10-11-12-13-14-15-18-16(2)17/h5-6,11-12H,3-4,7-10,13-15H2,1-2H3/b6-5-,12-11+. The van der Waals surface area contributed by atoms with Crippen molar-refractivity contribution in [1.82, 2.24) is 0 Å². The lowest BCUT2D eigenvalue weighted by atomic mass is 10.1. The number of hydrogen-bond donors (Lipinski definition) is 0. The summed E-state index contributed by atoms with van der Waals surface area (Å²) >= 11 is 0. The van der Waals surface area contributed by atoms with E-state index >= 15 is 0 Å². The predicted molar refractivity (Wildman–Crippen MR) is 77.5 cm³/mol. The van der Waals surface area contributed by atoms with Gasteiger partial charge in [0.05, 0.1) is 6.61 Å². The van der Waals surface area contributed by atoms with Crippen LogP contribution in [0.15, 0.2) is 24.3 Å². The Morgan fingerprint density at radius 2 is 1.39 bits per heavy atom. The molecule has 0 bridgehead atoms. The first-order chi connectivity index (χ1) is 8.77. The number of rotatable bonds is 11. The molecule has 0 rings (SSSR count). The van der Waals surface area contributed by atoms with Crippen LogP contribution in [0.2, 0.25) is 0 Å². The van der Waals surface area contributed by atoms with Gasteiger partial charge in [0.1, 0.15) is 0 Å². The second kappa shape index (κ2) is 14.0. The largest absolute Gasteiger partial charge is 0.466 e. The molecule has 0 atom stereocenters. The lowest BCUT2D eigenvalue weighted by molar-refractivity contribution is -0.141. The van der Waals surface area contributed by atoms with Crippen LogP contribution in [0.5, 0.6) is 0 Å². The molecule has 0 aliphatic rings. The van der Waals surface area contributed by atoms with E-state index in [2.05, 4.69) is 31.2 Å². The summed E-state index contributed by atoms with van der Waals surface area (Å²) in [6.07, 6.45) is 18.3. The van der Waals surface area contributed by atoms with Gasteiger partial charge in [-0.2, -0.15) is 0 Å². The van der Waals surface area contributed by atoms with Gasteiger partial charge in [-0.05, 0) is 44.9 Å². The van der Waals surface area contributed by atoms with Crippen LogP contribution >= 0.6 is 0 Å². The van der Waals surface area contributed by atoms with Gasteiger partial charge in [-0.15, -0.1) is 0 Å². The van der Waals surface area contributed by atoms with Gasteiger partial charge in [0.15, 0.2) is 0 Å². The summed E-state index contributed by atoms with van der Waals surface area (Å²) in [5.41, 5.74) is 0. The van der Waals surface area contributed by atoms with Crippen LogP contribution in [0.4, 0.5) is 0 Å². The summed E-state index contributed by atoms with van der Waals surface area (Å²) in [5, 5.41) is 0. The molecule has 0 fully saturated rings. The summed E-state index contributed by atoms with van der Waals surface area (Å²) < 4.78 is 4.85. The third-order valence-corrected chi connectivity index (χ3v) is 2.60. The molecule has 0 N–H and O–H groups in total. The van der Waals surface area contributed by atoms with Crippen LogP contribution in [0, 0.1) is 0 Å². The van der Waals surface area contributed by atoms with Crippen LogP contribution in [0.3, 0.4) is 0 Å². The number of allylic oxidation sites excluding steroid dienone is 4. The van der Waals surface area contributed by atoms with Gasteiger partial charge in [0.25, 0.3) is 0 Å². The average molecular weight is 252 g/mol. The Kier molecular flexibility index (Phi) is 13.2. The van der Waals surface area contributed by atoms with Crippen LogP contribution in [0.1, 0.15) is 65.2 Å². The first-order valence-electron chi connectivity index (χ1n) is 7.20. The zero-order chi connectivity index (χ0) is 13.5. The Morgan fingerprint density at radius 3 is 1.89 bits per heavy atom. The van der Waals surface area contributed by atoms with Gasteiger partial charge >= 0.3 is 5.97 Å². The van der Waals surface area contributed by atoms with Gasteiger partial charge in [0, 0.05) is 6.92 Å². The van der Waals surface area contributed by atoms with Crippen LogP contribution < -0.4 is 0 Å². The van der Waals surface area contributed by atoms with E-state index < -0.39 is 0 Å². The molecule has 2 heteroatoms. The monoisotopic (exact) mass is 252 g/mol. The second-order valence-corrected chi connectivity index (χ2v) is 4.50. The van der Waals surface area contributed by atoms with Crippen molar-refractivity contribution < 1.29 is 9.53 Å². The summed E-state index contributed by atoms with van der Waals surface area (Å²) in [4.78, 5) is 10.5. The van der Waals surface area contributed by atoms with Crippen molar-refractivity contribution in [1.29, 1.82) is 0 Å². The average Bonchev–Trinajstić information content (AvgIpc) is 2.34. The zero-order valence-electron chi connectivity index (χ0n) is 12.0. The molecule has 0 aliphatic heterocycles. The molecular weight excluding hydrogens is 224 g/mol. The van der Waals surface area contributed by atoms with Crippen molar-refractivity contribution in [2.24, 2.45) is 0 Å². The minimum atomic E-state index is -0.185. The van der Waals surface area contributed by atoms with E-state index in [1.807, 2.05) is 0 Å². The molecule has 0 aliphatic carbocycles. The Morgan fingerprint density at radius 1 is 0.889 bits per heavy atom. The summed E-state index contributed by atoms with van der Waals surface area (Å²) in [5.74, 6) is -0.185. The molecule has 0 aromatic rings. The topological polar surface area (TPSA) is 26.3 Å². The number of unbranched alkanes of at least 4 members (excludes halogenated alkanes) is 5. The quantitative estimate of drug-likeness (QED) is 0.300. The molecule has 0 saturated heterocycles. The zero-order valence-corrected chi connectivity index (χ0v) is 12.0. The highest BCUT2D eigenvalue weighted by atomic mass is 16.5. The van der Waals surface area contributed by atoms with E-state index in [0.717, 1.165) is 19.3 Å². The van der Waals surface area contributed by atoms with E-state index in [1.165, 1.54) is 39.0 Å². The Bertz CT molecular complexity index is 241. The Hall–Kier alpha value is -1.05. The van der Waals surface area contributed by atoms with Crippen molar-refractivity contribution in [3.63, 3.8) is 0 Å². The fourth-order valence-corrected chi connectivity index (χ4v) is 1.58. The minimum absolute atomic E-state index is 0.185. The molecular formula is C16H28O2. The van der Waals surface area contributed by atoms with Crippen molar-refractivity contribution in [3.05, 3.63) is 24.3 Å².